The Bertz CT molecular complexity index is 1410. The molecule has 0 spiro atoms. The minimum absolute atomic E-state index is 0.154. The van der Waals surface area contributed by atoms with E-state index in [0.29, 0.717) is 16.7 Å². The molecule has 0 saturated heterocycles. The minimum Gasteiger partial charge on any atom is -0.318 e. The van der Waals surface area contributed by atoms with Crippen LogP contribution in [0.4, 0.5) is 10.5 Å². The van der Waals surface area contributed by atoms with Crippen LogP contribution in [0.3, 0.4) is 0 Å². The van der Waals surface area contributed by atoms with Gasteiger partial charge in [-0.05, 0) is 74.7 Å². The van der Waals surface area contributed by atoms with Crippen LogP contribution < -0.4 is 10.9 Å². The van der Waals surface area contributed by atoms with E-state index in [4.69, 9.17) is 4.98 Å². The van der Waals surface area contributed by atoms with Gasteiger partial charge in [0.15, 0.2) is 0 Å². The van der Waals surface area contributed by atoms with Crippen LogP contribution in [0.25, 0.3) is 16.6 Å². The van der Waals surface area contributed by atoms with Crippen molar-refractivity contribution >= 4 is 22.6 Å². The van der Waals surface area contributed by atoms with Crippen molar-refractivity contribution in [2.75, 3.05) is 12.4 Å². The Hall–Kier alpha value is -3.93. The Morgan fingerprint density at radius 2 is 1.64 bits per heavy atom. The summed E-state index contributed by atoms with van der Waals surface area (Å²) in [6.07, 6.45) is 0. The third-order valence-electron chi connectivity index (χ3n) is 6.21. The number of carbonyl (C=O) groups excluding carboxylic acids is 1. The molecule has 0 aliphatic carbocycles. The number of amides is 2. The molecule has 1 heterocycles. The number of nitrogens with one attached hydrogen (secondary N) is 1. The first-order chi connectivity index (χ1) is 15.8. The highest BCUT2D eigenvalue weighted by atomic mass is 16.2. The molecule has 33 heavy (non-hydrogen) atoms. The lowest BCUT2D eigenvalue weighted by Gasteiger charge is -2.27. The number of urea groups is 1. The van der Waals surface area contributed by atoms with Crippen molar-refractivity contribution in [3.63, 3.8) is 0 Å². The molecular weight excluding hydrogens is 412 g/mol. The quantitative estimate of drug-likeness (QED) is 0.453. The van der Waals surface area contributed by atoms with Crippen molar-refractivity contribution in [3.05, 3.63) is 99.6 Å². The summed E-state index contributed by atoms with van der Waals surface area (Å²) in [4.78, 5) is 33.1. The van der Waals surface area contributed by atoms with Gasteiger partial charge in [-0.15, -0.1) is 0 Å². The summed E-state index contributed by atoms with van der Waals surface area (Å²) in [6, 6.07) is 20.1. The topological polar surface area (TPSA) is 67.2 Å². The van der Waals surface area contributed by atoms with E-state index in [1.165, 1.54) is 0 Å². The number of aromatic nitrogens is 2. The molecule has 0 fully saturated rings. The molecular formula is C27H28N4O2. The number of hydrogen-bond acceptors (Lipinski definition) is 3. The molecule has 1 unspecified atom stereocenters. The first kappa shape index (κ1) is 22.3. The Labute approximate surface area is 193 Å². The van der Waals surface area contributed by atoms with Crippen LogP contribution in [0.2, 0.25) is 0 Å². The maximum Gasteiger partial charge on any atom is 0.322 e. The molecule has 0 bridgehead atoms. The summed E-state index contributed by atoms with van der Waals surface area (Å²) in [6.45, 7) is 7.88. The smallest absolute Gasteiger partial charge is 0.318 e. The predicted molar refractivity (Wildman–Crippen MR) is 133 cm³/mol. The maximum atomic E-state index is 13.6. The Morgan fingerprint density at radius 1 is 0.939 bits per heavy atom. The molecule has 4 aromatic rings. The van der Waals surface area contributed by atoms with Gasteiger partial charge in [-0.1, -0.05) is 36.4 Å². The fourth-order valence-corrected chi connectivity index (χ4v) is 3.81. The van der Waals surface area contributed by atoms with Gasteiger partial charge in [0.05, 0.1) is 22.6 Å². The second-order valence-electron chi connectivity index (χ2n) is 8.43. The Kier molecular flexibility index (Phi) is 6.01. The van der Waals surface area contributed by atoms with E-state index >= 15 is 0 Å². The number of anilines is 1. The summed E-state index contributed by atoms with van der Waals surface area (Å²) < 4.78 is 1.62. The van der Waals surface area contributed by atoms with Crippen molar-refractivity contribution < 1.29 is 4.79 Å². The van der Waals surface area contributed by atoms with Crippen LogP contribution >= 0.6 is 0 Å². The van der Waals surface area contributed by atoms with Crippen molar-refractivity contribution in [2.45, 2.75) is 33.7 Å². The molecule has 2 amide bonds. The van der Waals surface area contributed by atoms with Gasteiger partial charge in [-0.3, -0.25) is 9.36 Å². The third-order valence-corrected chi connectivity index (χ3v) is 6.21. The molecule has 0 aliphatic heterocycles. The number of para-hydroxylation sites is 2. The number of hydrogen-bond donors (Lipinski definition) is 1. The van der Waals surface area contributed by atoms with Crippen LogP contribution in [0.1, 0.15) is 35.5 Å². The molecule has 1 N–H and O–H groups in total. The van der Waals surface area contributed by atoms with Crippen molar-refractivity contribution in [1.29, 1.82) is 0 Å². The van der Waals surface area contributed by atoms with Crippen LogP contribution in [-0.2, 0) is 0 Å². The zero-order chi connectivity index (χ0) is 23.7. The average molecular weight is 441 g/mol. The van der Waals surface area contributed by atoms with E-state index in [-0.39, 0.29) is 11.6 Å². The largest absolute Gasteiger partial charge is 0.322 e. The van der Waals surface area contributed by atoms with E-state index < -0.39 is 6.04 Å². The normalized spacial score (nSPS) is 11.9. The summed E-state index contributed by atoms with van der Waals surface area (Å²) in [7, 11) is 1.71. The standard InChI is InChI=1S/C27H28N4O2/c1-17-14-15-21(16-19(17)3)31-25(28-24-13-9-7-11-22(24)26(31)32)20(4)30(5)27(33)29-23-12-8-6-10-18(23)2/h6-16,20H,1-5H3,(H,29,33). The Morgan fingerprint density at radius 3 is 2.36 bits per heavy atom. The lowest BCUT2D eigenvalue weighted by atomic mass is 10.1. The van der Waals surface area contributed by atoms with E-state index in [9.17, 15) is 9.59 Å². The van der Waals surface area contributed by atoms with Gasteiger partial charge < -0.3 is 10.2 Å². The molecule has 1 atom stereocenters. The van der Waals surface area contributed by atoms with E-state index in [1.54, 1.807) is 22.6 Å². The molecule has 6 heteroatoms. The van der Waals surface area contributed by atoms with Crippen LogP contribution in [0.5, 0.6) is 0 Å². The van der Waals surface area contributed by atoms with Gasteiger partial charge in [0, 0.05) is 12.7 Å². The fourth-order valence-electron chi connectivity index (χ4n) is 3.81. The molecule has 3 aromatic carbocycles. The van der Waals surface area contributed by atoms with Gasteiger partial charge in [0.2, 0.25) is 0 Å². The summed E-state index contributed by atoms with van der Waals surface area (Å²) >= 11 is 0. The zero-order valence-electron chi connectivity index (χ0n) is 19.6. The van der Waals surface area contributed by atoms with E-state index in [2.05, 4.69) is 5.32 Å². The number of rotatable bonds is 4. The monoisotopic (exact) mass is 440 g/mol. The average Bonchev–Trinajstić information content (AvgIpc) is 2.81. The van der Waals surface area contributed by atoms with Gasteiger partial charge in [-0.25, -0.2) is 9.78 Å². The second kappa shape index (κ2) is 8.90. The highest BCUT2D eigenvalue weighted by molar-refractivity contribution is 5.90. The Balaban J connectivity index is 1.81. The van der Waals surface area contributed by atoms with Crippen LogP contribution in [0.15, 0.2) is 71.5 Å². The summed E-state index contributed by atoms with van der Waals surface area (Å²) in [5, 5.41) is 3.50. The number of carbonyl (C=O) groups is 1. The maximum absolute atomic E-state index is 13.6. The molecule has 1 aromatic heterocycles. The van der Waals surface area contributed by atoms with Gasteiger partial charge in [0.1, 0.15) is 5.82 Å². The SMILES string of the molecule is Cc1ccc(-n2c(C(C)N(C)C(=O)Nc3ccccc3C)nc3ccccc3c2=O)cc1C. The lowest BCUT2D eigenvalue weighted by molar-refractivity contribution is 0.205. The highest BCUT2D eigenvalue weighted by Gasteiger charge is 2.24. The number of aryl methyl sites for hydroxylation is 3. The molecule has 168 valence electrons. The number of fused-ring (bicyclic) bond motifs is 1. The fraction of sp³-hybridized carbons (Fsp3) is 0.222. The zero-order valence-corrected chi connectivity index (χ0v) is 19.6. The van der Waals surface area contributed by atoms with Gasteiger partial charge >= 0.3 is 6.03 Å². The van der Waals surface area contributed by atoms with E-state index in [1.807, 2.05) is 88.4 Å². The van der Waals surface area contributed by atoms with Crippen molar-refractivity contribution in [2.24, 2.45) is 0 Å². The summed E-state index contributed by atoms with van der Waals surface area (Å²) in [5.74, 6) is 0.504. The van der Waals surface area contributed by atoms with Gasteiger partial charge in [0.25, 0.3) is 5.56 Å². The highest BCUT2D eigenvalue weighted by Crippen LogP contribution is 2.24. The molecule has 4 rings (SSSR count). The third kappa shape index (κ3) is 4.24. The van der Waals surface area contributed by atoms with Crippen molar-refractivity contribution in [3.8, 4) is 5.69 Å². The van der Waals surface area contributed by atoms with Crippen LogP contribution in [-0.4, -0.2) is 27.5 Å². The second-order valence-corrected chi connectivity index (χ2v) is 8.43. The lowest BCUT2D eigenvalue weighted by Crippen LogP contribution is -2.37. The van der Waals surface area contributed by atoms with Crippen LogP contribution in [0, 0.1) is 20.8 Å². The van der Waals surface area contributed by atoms with Gasteiger partial charge in [-0.2, -0.15) is 0 Å². The number of nitrogens with zero attached hydrogens (tertiary/aromatic N) is 3. The predicted octanol–water partition coefficient (Wildman–Crippen LogP) is 5.54. The minimum atomic E-state index is -0.465. The van der Waals surface area contributed by atoms with E-state index in [0.717, 1.165) is 28.1 Å². The number of benzene rings is 3. The molecule has 0 aliphatic rings. The molecule has 6 nitrogen and oxygen atoms in total. The molecule has 0 saturated carbocycles. The first-order valence-corrected chi connectivity index (χ1v) is 11.0. The van der Waals surface area contributed by atoms with Crippen molar-refractivity contribution in [1.82, 2.24) is 14.5 Å². The molecule has 0 radical (unpaired) electrons. The first-order valence-electron chi connectivity index (χ1n) is 11.0. The summed E-state index contributed by atoms with van der Waals surface area (Å²) in [5.41, 5.74) is 5.13.